The molecule has 8 aromatic carbocycles. The molecule has 0 amide bonds. The third-order valence-electron chi connectivity index (χ3n) is 18.9. The SMILES string of the molecule is O=C(CCC(COC(=O)CSc1ccc(C(=O)c2ccc(N3CCCC3)cc2)cc1)(COC(=O)CSc1ccc(C(=O)c2ccc(N3CCCC3)cc2)cc1)COC(=O)CSc1ccc(C(=O)c2ccc(N3CCCC3)cc2)cc1)CSc1ccc(C(=O)c2ccc(N3CCCC3)cc2)cc1. The van der Waals surface area contributed by atoms with Crippen molar-refractivity contribution in [2.75, 3.05) is 115 Å². The number of ketones is 5. The van der Waals surface area contributed by atoms with Gasteiger partial charge in [0.1, 0.15) is 25.6 Å². The van der Waals surface area contributed by atoms with Gasteiger partial charge in [0.15, 0.2) is 23.1 Å². The summed E-state index contributed by atoms with van der Waals surface area (Å²) >= 11 is 4.94. The van der Waals surface area contributed by atoms with E-state index < -0.39 is 23.3 Å². The van der Waals surface area contributed by atoms with Gasteiger partial charge in [-0.25, -0.2) is 0 Å². The lowest BCUT2D eigenvalue weighted by atomic mass is 9.85. The van der Waals surface area contributed by atoms with Crippen LogP contribution in [0.4, 0.5) is 22.7 Å². The molecular weight excluding hydrogens is 1350 g/mol. The Bertz CT molecular complexity index is 3630. The van der Waals surface area contributed by atoms with Gasteiger partial charge in [0.25, 0.3) is 0 Å². The summed E-state index contributed by atoms with van der Waals surface area (Å²) in [6, 6.07) is 58.9. The van der Waals surface area contributed by atoms with Crippen LogP contribution in [0.25, 0.3) is 0 Å². The van der Waals surface area contributed by atoms with Gasteiger partial charge >= 0.3 is 17.9 Å². The van der Waals surface area contributed by atoms with Crippen molar-refractivity contribution in [2.24, 2.45) is 5.41 Å². The highest BCUT2D eigenvalue weighted by Gasteiger charge is 2.37. The lowest BCUT2D eigenvalue weighted by Crippen LogP contribution is -2.40. The van der Waals surface area contributed by atoms with Crippen molar-refractivity contribution in [3.8, 4) is 0 Å². The molecular formula is C82H82N4O11S4. The fourth-order valence-corrected chi connectivity index (χ4v) is 15.8. The predicted octanol–water partition coefficient (Wildman–Crippen LogP) is 15.4. The Morgan fingerprint density at radius 3 is 0.693 bits per heavy atom. The van der Waals surface area contributed by atoms with Crippen molar-refractivity contribution in [1.82, 2.24) is 0 Å². The number of rotatable bonds is 33. The summed E-state index contributed by atoms with van der Waals surface area (Å²) in [5.41, 5.74) is 7.33. The number of hydrogen-bond acceptors (Lipinski definition) is 19. The minimum atomic E-state index is -1.41. The zero-order valence-corrected chi connectivity index (χ0v) is 59.8. The summed E-state index contributed by atoms with van der Waals surface area (Å²) in [5, 5.41) is 0. The molecule has 0 N–H and O–H groups in total. The van der Waals surface area contributed by atoms with Crippen molar-refractivity contribution < 1.29 is 52.6 Å². The number of benzene rings is 8. The molecule has 8 aromatic rings. The normalized spacial score (nSPS) is 14.5. The molecule has 0 saturated carbocycles. The average molecular weight is 1430 g/mol. The van der Waals surface area contributed by atoms with Crippen LogP contribution in [-0.4, -0.2) is 142 Å². The molecule has 0 aliphatic carbocycles. The summed E-state index contributed by atoms with van der Waals surface area (Å²) in [4.78, 5) is 122. The van der Waals surface area contributed by atoms with Crippen molar-refractivity contribution in [2.45, 2.75) is 83.8 Å². The Kier molecular flexibility index (Phi) is 25.0. The minimum Gasteiger partial charge on any atom is -0.464 e. The van der Waals surface area contributed by atoms with Crippen LogP contribution in [0.15, 0.2) is 214 Å². The van der Waals surface area contributed by atoms with E-state index in [9.17, 15) is 38.4 Å². The predicted molar refractivity (Wildman–Crippen MR) is 404 cm³/mol. The highest BCUT2D eigenvalue weighted by Crippen LogP contribution is 2.33. The summed E-state index contributed by atoms with van der Waals surface area (Å²) in [6.45, 7) is 6.87. The number of Topliss-reactive ketones (excluding diaryl/α,β-unsaturated/α-hetero) is 1. The average Bonchev–Trinajstić information content (AvgIpc) is 1.91. The molecule has 0 bridgehead atoms. The number of ether oxygens (including phenoxy) is 3. The van der Waals surface area contributed by atoms with Crippen molar-refractivity contribution in [3.63, 3.8) is 0 Å². The molecule has 0 aromatic heterocycles. The van der Waals surface area contributed by atoms with E-state index in [4.69, 9.17) is 14.2 Å². The summed E-state index contributed by atoms with van der Waals surface area (Å²) in [6.07, 6.45) is 9.14. The van der Waals surface area contributed by atoms with Crippen LogP contribution in [0, 0.1) is 5.41 Å². The smallest absolute Gasteiger partial charge is 0.316 e. The van der Waals surface area contributed by atoms with E-state index in [1.54, 1.807) is 84.9 Å². The Morgan fingerprint density at radius 1 is 0.277 bits per heavy atom. The van der Waals surface area contributed by atoms with Gasteiger partial charge < -0.3 is 33.8 Å². The van der Waals surface area contributed by atoms with E-state index >= 15 is 0 Å². The standard InChI is InChI=1S/C82H82N4O11S4/c87-70(51-98-71-33-17-62(18-34-71)78(91)58-9-25-66(26-10-58)83-43-1-2-44-83)41-42-82(55-95-75(88)52-99-72-35-19-63(20-36-72)79(92)59-11-27-67(28-12-59)84-45-3-4-46-84,56-96-76(89)53-100-73-37-21-64(22-38-73)80(93)60-13-29-68(30-14-60)85-47-5-6-48-85)57-97-77(90)54-101-74-39-23-65(24-40-74)81(94)61-15-31-69(32-16-61)86-49-7-8-50-86/h9-40H,1-8,41-57H2. The molecule has 19 heteroatoms. The summed E-state index contributed by atoms with van der Waals surface area (Å²) in [5.74, 6) is -2.85. The van der Waals surface area contributed by atoms with Gasteiger partial charge in [-0.1, -0.05) is 0 Å². The highest BCUT2D eigenvalue weighted by molar-refractivity contribution is 8.00. The lowest BCUT2D eigenvalue weighted by molar-refractivity contribution is -0.159. The third kappa shape index (κ3) is 19.8. The molecule has 0 unspecified atom stereocenters. The summed E-state index contributed by atoms with van der Waals surface area (Å²) < 4.78 is 18.1. The molecule has 4 saturated heterocycles. The monoisotopic (exact) mass is 1430 g/mol. The quantitative estimate of drug-likeness (QED) is 0.0164. The first-order valence-electron chi connectivity index (χ1n) is 34.8. The molecule has 15 nitrogen and oxygen atoms in total. The van der Waals surface area contributed by atoms with E-state index in [2.05, 4.69) is 19.6 Å². The fourth-order valence-electron chi connectivity index (χ4n) is 12.9. The number of esters is 3. The Labute approximate surface area is 607 Å². The first kappa shape index (κ1) is 71.9. The van der Waals surface area contributed by atoms with Gasteiger partial charge in [-0.15, -0.1) is 47.0 Å². The zero-order valence-electron chi connectivity index (χ0n) is 56.6. The maximum atomic E-state index is 14.1. The van der Waals surface area contributed by atoms with E-state index in [0.717, 1.165) is 131 Å². The van der Waals surface area contributed by atoms with Crippen LogP contribution >= 0.6 is 47.0 Å². The van der Waals surface area contributed by atoms with Gasteiger partial charge in [-0.05, 0) is 252 Å². The zero-order chi connectivity index (χ0) is 69.9. The first-order valence-corrected chi connectivity index (χ1v) is 38.7. The molecule has 12 rings (SSSR count). The maximum absolute atomic E-state index is 14.1. The molecule has 4 aliphatic heterocycles. The van der Waals surface area contributed by atoms with E-state index in [-0.39, 0.29) is 84.6 Å². The Hall–Kier alpha value is -8.88. The van der Waals surface area contributed by atoms with Gasteiger partial charge in [-0.2, -0.15) is 0 Å². The molecule has 4 fully saturated rings. The lowest BCUT2D eigenvalue weighted by Gasteiger charge is -2.32. The topological polar surface area (TPSA) is 177 Å². The first-order chi connectivity index (χ1) is 49.3. The molecule has 4 heterocycles. The van der Waals surface area contributed by atoms with Gasteiger partial charge in [0, 0.05) is 146 Å². The molecule has 101 heavy (non-hydrogen) atoms. The van der Waals surface area contributed by atoms with Crippen LogP contribution in [0.1, 0.15) is 128 Å². The Balaban J connectivity index is 0.714. The van der Waals surface area contributed by atoms with E-state index in [0.29, 0.717) is 59.2 Å². The molecule has 0 spiro atoms. The molecule has 520 valence electrons. The fraction of sp³-hybridized carbons (Fsp3) is 0.317. The third-order valence-corrected chi connectivity index (χ3v) is 22.9. The number of anilines is 4. The van der Waals surface area contributed by atoms with Crippen molar-refractivity contribution >= 4 is 117 Å². The number of hydrogen-bond donors (Lipinski definition) is 0. The second-order valence-corrected chi connectivity index (χ2v) is 30.2. The van der Waals surface area contributed by atoms with Crippen LogP contribution in [0.2, 0.25) is 0 Å². The summed E-state index contributed by atoms with van der Waals surface area (Å²) in [7, 11) is 0. The minimum absolute atomic E-state index is 0.0128. The van der Waals surface area contributed by atoms with Gasteiger partial charge in [0.05, 0.1) is 28.4 Å². The van der Waals surface area contributed by atoms with Crippen LogP contribution in [-0.2, 0) is 33.4 Å². The van der Waals surface area contributed by atoms with Crippen molar-refractivity contribution in [3.05, 3.63) is 239 Å². The number of nitrogens with zero attached hydrogens (tertiary/aromatic N) is 4. The maximum Gasteiger partial charge on any atom is 0.316 e. The molecule has 0 radical (unpaired) electrons. The number of carbonyl (C=O) groups is 8. The van der Waals surface area contributed by atoms with Gasteiger partial charge in [0.2, 0.25) is 0 Å². The number of carbonyl (C=O) groups excluding carboxylic acids is 8. The van der Waals surface area contributed by atoms with Crippen LogP contribution in [0.5, 0.6) is 0 Å². The van der Waals surface area contributed by atoms with Crippen LogP contribution in [0.3, 0.4) is 0 Å². The molecule has 4 aliphatic rings. The number of thioether (sulfide) groups is 4. The van der Waals surface area contributed by atoms with Crippen molar-refractivity contribution in [1.29, 1.82) is 0 Å². The highest BCUT2D eigenvalue weighted by atomic mass is 32.2. The largest absolute Gasteiger partial charge is 0.464 e. The Morgan fingerprint density at radius 2 is 0.475 bits per heavy atom. The molecule has 0 atom stereocenters. The second-order valence-electron chi connectivity index (χ2n) is 26.1. The van der Waals surface area contributed by atoms with E-state index in [1.807, 2.05) is 109 Å². The second kappa shape index (κ2) is 35.1. The van der Waals surface area contributed by atoms with Crippen LogP contribution < -0.4 is 19.6 Å². The van der Waals surface area contributed by atoms with Gasteiger partial charge in [-0.3, -0.25) is 38.4 Å². The van der Waals surface area contributed by atoms with E-state index in [1.165, 1.54) is 47.0 Å².